The zero-order valence-electron chi connectivity index (χ0n) is 15.0. The first kappa shape index (κ1) is 18.9. The molecule has 2 fully saturated rings. The average molecular weight is 379 g/mol. The van der Waals surface area contributed by atoms with Gasteiger partial charge in [-0.25, -0.2) is 0 Å². The van der Waals surface area contributed by atoms with Crippen molar-refractivity contribution >= 4 is 23.6 Å². The van der Waals surface area contributed by atoms with Crippen molar-refractivity contribution in [1.82, 2.24) is 4.90 Å². The zero-order chi connectivity index (χ0) is 18.5. The molecule has 0 bridgehead atoms. The third-order valence-corrected chi connectivity index (χ3v) is 6.00. The first-order valence-corrected chi connectivity index (χ1v) is 10.2. The van der Waals surface area contributed by atoms with E-state index in [2.05, 4.69) is 0 Å². The average Bonchev–Trinajstić information content (AvgIpc) is 3.14. The second-order valence-corrected chi connectivity index (χ2v) is 7.86. The molecule has 1 amide bonds. The molecule has 1 N–H and O–H groups in total. The number of nitrogens with zero attached hydrogens (tertiary/aromatic N) is 1. The van der Waals surface area contributed by atoms with E-state index in [0.717, 1.165) is 31.4 Å². The van der Waals surface area contributed by atoms with Crippen molar-refractivity contribution in [3.63, 3.8) is 0 Å². The Labute approximate surface area is 157 Å². The Morgan fingerprint density at radius 3 is 2.73 bits per heavy atom. The third kappa shape index (κ3) is 4.44. The molecule has 6 nitrogen and oxygen atoms in total. The lowest BCUT2D eigenvalue weighted by molar-refractivity contribution is -0.138. The van der Waals surface area contributed by atoms with E-state index in [-0.39, 0.29) is 24.5 Å². The van der Waals surface area contributed by atoms with Gasteiger partial charge in [0.15, 0.2) is 11.5 Å². The summed E-state index contributed by atoms with van der Waals surface area (Å²) in [5, 5.41) is 9.12. The monoisotopic (exact) mass is 379 g/mol. The van der Waals surface area contributed by atoms with Crippen LogP contribution in [0.1, 0.15) is 42.5 Å². The highest BCUT2D eigenvalue weighted by Gasteiger charge is 2.30. The van der Waals surface area contributed by atoms with Crippen LogP contribution in [0, 0.1) is 0 Å². The lowest BCUT2D eigenvalue weighted by atomic mass is 10.1. The number of carbonyl (C=O) groups excluding carboxylic acids is 1. The summed E-state index contributed by atoms with van der Waals surface area (Å²) in [7, 11) is 1.59. The number of amides is 1. The Morgan fingerprint density at radius 2 is 2.04 bits per heavy atom. The quantitative estimate of drug-likeness (QED) is 0.819. The number of carboxylic acid groups (broad SMARTS) is 1. The molecule has 1 unspecified atom stereocenters. The number of benzene rings is 1. The predicted octanol–water partition coefficient (Wildman–Crippen LogP) is 3.05. The molecule has 1 aromatic rings. The summed E-state index contributed by atoms with van der Waals surface area (Å²) in [5.41, 5.74) is 0.515. The molecule has 1 aromatic carbocycles. The lowest BCUT2D eigenvalue weighted by Crippen LogP contribution is -2.47. The molecular weight excluding hydrogens is 354 g/mol. The van der Waals surface area contributed by atoms with Crippen molar-refractivity contribution in [3.8, 4) is 11.5 Å². The molecule has 1 aliphatic carbocycles. The van der Waals surface area contributed by atoms with Crippen molar-refractivity contribution < 1.29 is 24.2 Å². The van der Waals surface area contributed by atoms with Crippen LogP contribution >= 0.6 is 11.8 Å². The first-order chi connectivity index (χ1) is 12.6. The fraction of sp³-hybridized carbons (Fsp3) is 0.579. The number of ether oxygens (including phenoxy) is 2. The number of aliphatic carboxylic acids is 1. The maximum atomic E-state index is 13.0. The maximum absolute atomic E-state index is 13.0. The standard InChI is InChI=1S/C19H25NO5S/c1-24-16-7-6-13(10-17(16)25-15-4-2-3-5-15)19(23)20-8-9-26-12-14(20)11-18(21)22/h6-7,10,14-15H,2-5,8-9,11-12H2,1H3,(H,21,22). The van der Waals surface area contributed by atoms with Crippen LogP contribution in [-0.2, 0) is 4.79 Å². The van der Waals surface area contributed by atoms with Gasteiger partial charge in [0, 0.05) is 23.6 Å². The topological polar surface area (TPSA) is 76.1 Å². The minimum atomic E-state index is -0.879. The molecule has 1 saturated heterocycles. The van der Waals surface area contributed by atoms with Gasteiger partial charge in [-0.15, -0.1) is 0 Å². The summed E-state index contributed by atoms with van der Waals surface area (Å²) in [6.45, 7) is 0.562. The molecule has 1 aliphatic heterocycles. The molecule has 1 heterocycles. The molecule has 0 radical (unpaired) electrons. The Morgan fingerprint density at radius 1 is 1.27 bits per heavy atom. The summed E-state index contributed by atoms with van der Waals surface area (Å²) < 4.78 is 11.5. The van der Waals surface area contributed by atoms with Crippen LogP contribution in [0.25, 0.3) is 0 Å². The molecule has 0 spiro atoms. The van der Waals surface area contributed by atoms with Crippen LogP contribution in [0.5, 0.6) is 11.5 Å². The number of carbonyl (C=O) groups is 2. The summed E-state index contributed by atoms with van der Waals surface area (Å²) in [5.74, 6) is 1.66. The molecule has 142 valence electrons. The van der Waals surface area contributed by atoms with Gasteiger partial charge in [0.25, 0.3) is 5.91 Å². The second-order valence-electron chi connectivity index (χ2n) is 6.72. The minimum absolute atomic E-state index is 0.0275. The highest BCUT2D eigenvalue weighted by atomic mass is 32.2. The van der Waals surface area contributed by atoms with Crippen molar-refractivity contribution in [2.24, 2.45) is 0 Å². The molecule has 7 heteroatoms. The summed E-state index contributed by atoms with van der Waals surface area (Å²) in [6.07, 6.45) is 4.50. The van der Waals surface area contributed by atoms with E-state index in [9.17, 15) is 9.59 Å². The van der Waals surface area contributed by atoms with Crippen LogP contribution in [-0.4, -0.2) is 59.2 Å². The minimum Gasteiger partial charge on any atom is -0.493 e. The van der Waals surface area contributed by atoms with E-state index in [1.165, 1.54) is 0 Å². The Hall–Kier alpha value is -1.89. The van der Waals surface area contributed by atoms with Crippen LogP contribution in [0.15, 0.2) is 18.2 Å². The fourth-order valence-electron chi connectivity index (χ4n) is 3.55. The van der Waals surface area contributed by atoms with Gasteiger partial charge in [0.05, 0.1) is 25.7 Å². The van der Waals surface area contributed by atoms with Gasteiger partial charge >= 0.3 is 5.97 Å². The normalized spacial score (nSPS) is 20.8. The van der Waals surface area contributed by atoms with E-state index < -0.39 is 5.97 Å². The smallest absolute Gasteiger partial charge is 0.305 e. The molecular formula is C19H25NO5S. The second kappa shape index (κ2) is 8.66. The highest BCUT2D eigenvalue weighted by Crippen LogP contribution is 2.33. The van der Waals surface area contributed by atoms with E-state index >= 15 is 0 Å². The number of hydrogen-bond donors (Lipinski definition) is 1. The molecule has 0 aromatic heterocycles. The summed E-state index contributed by atoms with van der Waals surface area (Å²) in [6, 6.07) is 4.93. The van der Waals surface area contributed by atoms with Crippen LogP contribution in [0.3, 0.4) is 0 Å². The maximum Gasteiger partial charge on any atom is 0.305 e. The molecule has 3 rings (SSSR count). The number of carboxylic acids is 1. The summed E-state index contributed by atoms with van der Waals surface area (Å²) in [4.78, 5) is 25.8. The molecule has 2 aliphatic rings. The molecule has 1 atom stereocenters. The Bertz CT molecular complexity index is 659. The zero-order valence-corrected chi connectivity index (χ0v) is 15.8. The van der Waals surface area contributed by atoms with Crippen molar-refractivity contribution in [3.05, 3.63) is 23.8 Å². The number of methoxy groups -OCH3 is 1. The van der Waals surface area contributed by atoms with Crippen LogP contribution < -0.4 is 9.47 Å². The van der Waals surface area contributed by atoms with Crippen LogP contribution in [0.4, 0.5) is 0 Å². The van der Waals surface area contributed by atoms with Crippen LogP contribution in [0.2, 0.25) is 0 Å². The molecule has 1 saturated carbocycles. The van der Waals surface area contributed by atoms with Crippen molar-refractivity contribution in [1.29, 1.82) is 0 Å². The summed E-state index contributed by atoms with van der Waals surface area (Å²) >= 11 is 1.69. The SMILES string of the molecule is COc1ccc(C(=O)N2CCSCC2CC(=O)O)cc1OC1CCCC1. The van der Waals surface area contributed by atoms with E-state index in [1.54, 1.807) is 42.0 Å². The fourth-order valence-corrected chi connectivity index (χ4v) is 4.61. The van der Waals surface area contributed by atoms with Gasteiger partial charge in [0.1, 0.15) is 0 Å². The molecule has 26 heavy (non-hydrogen) atoms. The van der Waals surface area contributed by atoms with Crippen molar-refractivity contribution in [2.45, 2.75) is 44.2 Å². The highest BCUT2D eigenvalue weighted by molar-refractivity contribution is 7.99. The van der Waals surface area contributed by atoms with E-state index in [4.69, 9.17) is 14.6 Å². The van der Waals surface area contributed by atoms with Crippen molar-refractivity contribution in [2.75, 3.05) is 25.2 Å². The number of thioether (sulfide) groups is 1. The Balaban J connectivity index is 1.80. The number of rotatable bonds is 6. The lowest BCUT2D eigenvalue weighted by Gasteiger charge is -2.34. The van der Waals surface area contributed by atoms with Gasteiger partial charge in [-0.1, -0.05) is 0 Å². The van der Waals surface area contributed by atoms with Gasteiger partial charge in [-0.2, -0.15) is 11.8 Å². The van der Waals surface area contributed by atoms with Gasteiger partial charge in [0.2, 0.25) is 0 Å². The third-order valence-electron chi connectivity index (χ3n) is 4.91. The van der Waals surface area contributed by atoms with Gasteiger partial charge < -0.3 is 19.5 Å². The van der Waals surface area contributed by atoms with E-state index in [0.29, 0.717) is 29.4 Å². The van der Waals surface area contributed by atoms with Gasteiger partial charge in [-0.3, -0.25) is 9.59 Å². The Kier molecular flexibility index (Phi) is 6.29. The van der Waals surface area contributed by atoms with Gasteiger partial charge in [-0.05, 0) is 43.9 Å². The number of hydrogen-bond acceptors (Lipinski definition) is 5. The largest absolute Gasteiger partial charge is 0.493 e. The first-order valence-electron chi connectivity index (χ1n) is 9.03. The van der Waals surface area contributed by atoms with E-state index in [1.807, 2.05) is 0 Å². The predicted molar refractivity (Wildman–Crippen MR) is 100 cm³/mol.